The first kappa shape index (κ1) is 20.6. The van der Waals surface area contributed by atoms with Crippen LogP contribution in [0.15, 0.2) is 57.6 Å². The number of hydrogen-bond donors (Lipinski definition) is 0. The van der Waals surface area contributed by atoms with Crippen molar-refractivity contribution in [1.29, 1.82) is 0 Å². The molecular formula is C21H19N3O3S3. The SMILES string of the molecule is C=CCn1c(SCc2csc(-c3cccc(OC)c3OC)n2)nc2sccc2c1=O. The van der Waals surface area contributed by atoms with Gasteiger partial charge in [-0.3, -0.25) is 9.36 Å². The van der Waals surface area contributed by atoms with Crippen LogP contribution in [0.4, 0.5) is 0 Å². The maximum absolute atomic E-state index is 12.8. The number of hydrogen-bond acceptors (Lipinski definition) is 8. The van der Waals surface area contributed by atoms with Gasteiger partial charge in [-0.25, -0.2) is 9.97 Å². The topological polar surface area (TPSA) is 66.2 Å². The summed E-state index contributed by atoms with van der Waals surface area (Å²) in [6.07, 6.45) is 1.71. The molecule has 0 aliphatic carbocycles. The first-order valence-corrected chi connectivity index (χ1v) is 11.8. The molecule has 154 valence electrons. The summed E-state index contributed by atoms with van der Waals surface area (Å²) in [4.78, 5) is 23.0. The van der Waals surface area contributed by atoms with E-state index in [4.69, 9.17) is 14.5 Å². The highest BCUT2D eigenvalue weighted by molar-refractivity contribution is 7.98. The molecule has 9 heteroatoms. The Morgan fingerprint density at radius 1 is 1.20 bits per heavy atom. The molecule has 0 amide bonds. The van der Waals surface area contributed by atoms with Gasteiger partial charge in [-0.1, -0.05) is 23.9 Å². The minimum Gasteiger partial charge on any atom is -0.493 e. The summed E-state index contributed by atoms with van der Waals surface area (Å²) >= 11 is 4.51. The number of allylic oxidation sites excluding steroid dienone is 1. The van der Waals surface area contributed by atoms with E-state index in [2.05, 4.69) is 11.6 Å². The van der Waals surface area contributed by atoms with Gasteiger partial charge in [0.15, 0.2) is 16.7 Å². The van der Waals surface area contributed by atoms with Gasteiger partial charge in [-0.15, -0.1) is 29.3 Å². The molecule has 0 spiro atoms. The van der Waals surface area contributed by atoms with Crippen molar-refractivity contribution in [1.82, 2.24) is 14.5 Å². The maximum Gasteiger partial charge on any atom is 0.263 e. The average molecular weight is 458 g/mol. The number of thiophene rings is 1. The minimum absolute atomic E-state index is 0.0382. The number of fused-ring (bicyclic) bond motifs is 1. The molecule has 30 heavy (non-hydrogen) atoms. The molecule has 4 aromatic rings. The Labute approximate surface area is 185 Å². The first-order valence-electron chi connectivity index (χ1n) is 9.03. The lowest BCUT2D eigenvalue weighted by Gasteiger charge is -2.10. The second-order valence-electron chi connectivity index (χ2n) is 6.21. The van der Waals surface area contributed by atoms with Gasteiger partial charge in [0.05, 0.1) is 30.9 Å². The molecule has 0 atom stereocenters. The van der Waals surface area contributed by atoms with E-state index in [1.165, 1.54) is 23.1 Å². The lowest BCUT2D eigenvalue weighted by atomic mass is 10.2. The van der Waals surface area contributed by atoms with Crippen molar-refractivity contribution in [3.63, 3.8) is 0 Å². The highest BCUT2D eigenvalue weighted by Crippen LogP contribution is 2.39. The number of thioether (sulfide) groups is 1. The Kier molecular flexibility index (Phi) is 6.21. The van der Waals surface area contributed by atoms with Crippen LogP contribution >= 0.6 is 34.4 Å². The maximum atomic E-state index is 12.8. The monoisotopic (exact) mass is 457 g/mol. The number of para-hydroxylation sites is 1. The Morgan fingerprint density at radius 2 is 2.07 bits per heavy atom. The number of ether oxygens (including phenoxy) is 2. The van der Waals surface area contributed by atoms with Crippen LogP contribution in [0.2, 0.25) is 0 Å². The molecule has 3 aromatic heterocycles. The van der Waals surface area contributed by atoms with Crippen molar-refractivity contribution < 1.29 is 9.47 Å². The second kappa shape index (κ2) is 9.03. The Balaban J connectivity index is 1.61. The highest BCUT2D eigenvalue weighted by Gasteiger charge is 2.16. The zero-order valence-electron chi connectivity index (χ0n) is 16.5. The number of rotatable bonds is 8. The van der Waals surface area contributed by atoms with E-state index in [1.807, 2.05) is 35.0 Å². The third kappa shape index (κ3) is 3.88. The van der Waals surface area contributed by atoms with Crippen LogP contribution in [-0.4, -0.2) is 28.8 Å². The van der Waals surface area contributed by atoms with E-state index in [0.717, 1.165) is 21.1 Å². The molecule has 0 aliphatic heterocycles. The standard InChI is InChI=1S/C21H19N3O3S3/c1-4-9-24-20(25)15-8-10-28-19(15)23-21(24)30-12-13-11-29-18(22-13)14-6-5-7-16(26-2)17(14)27-3/h4-8,10-11H,1,9,12H2,2-3H3. The van der Waals surface area contributed by atoms with Crippen molar-refractivity contribution in [2.45, 2.75) is 17.5 Å². The first-order chi connectivity index (χ1) is 14.7. The van der Waals surface area contributed by atoms with Gasteiger partial charge in [0.25, 0.3) is 5.56 Å². The van der Waals surface area contributed by atoms with Crippen molar-refractivity contribution in [3.8, 4) is 22.1 Å². The molecule has 0 saturated carbocycles. The predicted octanol–water partition coefficient (Wildman–Crippen LogP) is 5.08. The Bertz CT molecular complexity index is 1260. The number of methoxy groups -OCH3 is 2. The third-order valence-electron chi connectivity index (χ3n) is 4.39. The van der Waals surface area contributed by atoms with Gasteiger partial charge in [-0.05, 0) is 23.6 Å². The van der Waals surface area contributed by atoms with E-state index < -0.39 is 0 Å². The number of nitrogens with zero attached hydrogens (tertiary/aromatic N) is 3. The van der Waals surface area contributed by atoms with Crippen LogP contribution in [-0.2, 0) is 12.3 Å². The normalized spacial score (nSPS) is 11.0. The largest absolute Gasteiger partial charge is 0.493 e. The summed E-state index contributed by atoms with van der Waals surface area (Å²) in [6.45, 7) is 4.18. The molecule has 3 heterocycles. The van der Waals surface area contributed by atoms with E-state index in [-0.39, 0.29) is 5.56 Å². The fourth-order valence-electron chi connectivity index (χ4n) is 3.02. The van der Waals surface area contributed by atoms with Gasteiger partial charge in [-0.2, -0.15) is 0 Å². The lowest BCUT2D eigenvalue weighted by Crippen LogP contribution is -2.22. The Hall–Kier alpha value is -2.62. The fourth-order valence-corrected chi connectivity index (χ4v) is 5.67. The van der Waals surface area contributed by atoms with Crippen LogP contribution in [0, 0.1) is 0 Å². The van der Waals surface area contributed by atoms with E-state index >= 15 is 0 Å². The summed E-state index contributed by atoms with van der Waals surface area (Å²) in [5, 5.41) is 6.07. The predicted molar refractivity (Wildman–Crippen MR) is 124 cm³/mol. The molecule has 0 saturated heterocycles. The van der Waals surface area contributed by atoms with E-state index in [0.29, 0.717) is 34.3 Å². The van der Waals surface area contributed by atoms with Gasteiger partial charge in [0.2, 0.25) is 0 Å². The van der Waals surface area contributed by atoms with Gasteiger partial charge in [0, 0.05) is 17.7 Å². The zero-order chi connectivity index (χ0) is 21.1. The average Bonchev–Trinajstić information content (AvgIpc) is 3.43. The van der Waals surface area contributed by atoms with E-state index in [1.54, 1.807) is 36.2 Å². The highest BCUT2D eigenvalue weighted by atomic mass is 32.2. The molecule has 6 nitrogen and oxygen atoms in total. The van der Waals surface area contributed by atoms with Crippen LogP contribution in [0.3, 0.4) is 0 Å². The third-order valence-corrected chi connectivity index (χ3v) is 7.14. The summed E-state index contributed by atoms with van der Waals surface area (Å²) in [5.41, 5.74) is 1.76. The minimum atomic E-state index is -0.0382. The summed E-state index contributed by atoms with van der Waals surface area (Å²) < 4.78 is 12.6. The van der Waals surface area contributed by atoms with Crippen molar-refractivity contribution in [2.75, 3.05) is 14.2 Å². The number of benzene rings is 1. The van der Waals surface area contributed by atoms with Crippen LogP contribution < -0.4 is 15.0 Å². The number of thiazole rings is 1. The molecule has 0 bridgehead atoms. The summed E-state index contributed by atoms with van der Waals surface area (Å²) in [6, 6.07) is 7.56. The van der Waals surface area contributed by atoms with E-state index in [9.17, 15) is 4.79 Å². The molecule has 0 radical (unpaired) electrons. The second-order valence-corrected chi connectivity index (χ2v) is 8.91. The molecule has 0 N–H and O–H groups in total. The Morgan fingerprint density at radius 3 is 2.83 bits per heavy atom. The van der Waals surface area contributed by atoms with Crippen molar-refractivity contribution >= 4 is 44.7 Å². The quantitative estimate of drug-likeness (QED) is 0.209. The van der Waals surface area contributed by atoms with Crippen LogP contribution in [0.25, 0.3) is 20.8 Å². The molecule has 1 aromatic carbocycles. The lowest BCUT2D eigenvalue weighted by molar-refractivity contribution is 0.356. The van der Waals surface area contributed by atoms with Crippen molar-refractivity contribution in [2.24, 2.45) is 0 Å². The summed E-state index contributed by atoms with van der Waals surface area (Å²) in [7, 11) is 3.24. The van der Waals surface area contributed by atoms with Crippen molar-refractivity contribution in [3.05, 3.63) is 63.7 Å². The van der Waals surface area contributed by atoms with Gasteiger partial charge < -0.3 is 9.47 Å². The summed E-state index contributed by atoms with van der Waals surface area (Å²) in [5.74, 6) is 1.93. The molecule has 4 rings (SSSR count). The molecule has 0 fully saturated rings. The molecule has 0 aliphatic rings. The van der Waals surface area contributed by atoms with Gasteiger partial charge >= 0.3 is 0 Å². The molecule has 0 unspecified atom stereocenters. The smallest absolute Gasteiger partial charge is 0.263 e. The van der Waals surface area contributed by atoms with Crippen LogP contribution in [0.1, 0.15) is 5.69 Å². The number of aromatic nitrogens is 3. The van der Waals surface area contributed by atoms with Gasteiger partial charge in [0.1, 0.15) is 9.84 Å². The zero-order valence-corrected chi connectivity index (χ0v) is 18.9. The van der Waals surface area contributed by atoms with Crippen LogP contribution in [0.5, 0.6) is 11.5 Å². The fraction of sp³-hybridized carbons (Fsp3) is 0.190. The molecular weight excluding hydrogens is 438 g/mol.